The lowest BCUT2D eigenvalue weighted by Gasteiger charge is -2.20. The Morgan fingerprint density at radius 3 is 2.54 bits per heavy atom. The highest BCUT2D eigenvalue weighted by Crippen LogP contribution is 2.46. The molecule has 28 heavy (non-hydrogen) atoms. The summed E-state index contributed by atoms with van der Waals surface area (Å²) < 4.78 is 37.9. The van der Waals surface area contributed by atoms with Crippen molar-refractivity contribution in [2.75, 3.05) is 6.54 Å². The summed E-state index contributed by atoms with van der Waals surface area (Å²) in [6.07, 6.45) is -0.662. The van der Waals surface area contributed by atoms with E-state index in [2.05, 4.69) is 5.32 Å². The molecular formula is C19H18Cl2FNO4S. The summed E-state index contributed by atoms with van der Waals surface area (Å²) in [5, 5.41) is 3.14. The third-order valence-corrected chi connectivity index (χ3v) is 5.88. The van der Waals surface area contributed by atoms with Crippen molar-refractivity contribution in [1.29, 1.82) is 0 Å². The van der Waals surface area contributed by atoms with Gasteiger partial charge >= 0.3 is 6.09 Å². The first-order valence-corrected chi connectivity index (χ1v) is 10.4. The van der Waals surface area contributed by atoms with E-state index in [0.29, 0.717) is 21.2 Å². The second-order valence-electron chi connectivity index (χ2n) is 7.10. The Balaban J connectivity index is 1.88. The molecule has 5 nitrogen and oxygen atoms in total. The van der Waals surface area contributed by atoms with Crippen molar-refractivity contribution in [3.05, 3.63) is 46.2 Å². The number of ether oxygens (including phenoxy) is 2. The zero-order valence-electron chi connectivity index (χ0n) is 15.3. The SMILES string of the molecule is CC(C)(C)OC(=O)NCC1Oc2c(-c3c(Cl)cccc3Cl)cc(F)cc2S1=O. The number of rotatable bonds is 3. The predicted octanol–water partition coefficient (Wildman–Crippen LogP) is 5.15. The molecule has 150 valence electrons. The van der Waals surface area contributed by atoms with Crippen LogP contribution in [0.25, 0.3) is 11.1 Å². The van der Waals surface area contributed by atoms with Gasteiger partial charge in [-0.1, -0.05) is 29.3 Å². The van der Waals surface area contributed by atoms with E-state index >= 15 is 0 Å². The minimum atomic E-state index is -1.70. The number of hydrogen-bond acceptors (Lipinski definition) is 4. The van der Waals surface area contributed by atoms with Crippen LogP contribution in [0.5, 0.6) is 5.75 Å². The van der Waals surface area contributed by atoms with E-state index in [0.717, 1.165) is 6.07 Å². The van der Waals surface area contributed by atoms with E-state index < -0.39 is 33.7 Å². The van der Waals surface area contributed by atoms with E-state index in [1.54, 1.807) is 39.0 Å². The lowest BCUT2D eigenvalue weighted by atomic mass is 10.0. The number of hydrogen-bond donors (Lipinski definition) is 1. The van der Waals surface area contributed by atoms with E-state index in [1.165, 1.54) is 6.07 Å². The van der Waals surface area contributed by atoms with E-state index in [4.69, 9.17) is 32.7 Å². The van der Waals surface area contributed by atoms with Gasteiger partial charge in [-0.2, -0.15) is 0 Å². The van der Waals surface area contributed by atoms with Gasteiger partial charge in [0, 0.05) is 11.1 Å². The fourth-order valence-corrected chi connectivity index (χ4v) is 4.57. The summed E-state index contributed by atoms with van der Waals surface area (Å²) in [5.41, 5.74) is -0.873. The topological polar surface area (TPSA) is 64.6 Å². The van der Waals surface area contributed by atoms with E-state index in [-0.39, 0.29) is 17.2 Å². The van der Waals surface area contributed by atoms with Gasteiger partial charge in [-0.3, -0.25) is 4.21 Å². The van der Waals surface area contributed by atoms with Crippen LogP contribution in [0.1, 0.15) is 20.8 Å². The van der Waals surface area contributed by atoms with Crippen molar-refractivity contribution in [2.45, 2.75) is 36.7 Å². The predicted molar refractivity (Wildman–Crippen MR) is 107 cm³/mol. The molecular weight excluding hydrogens is 428 g/mol. The molecule has 0 aromatic heterocycles. The number of alkyl carbamates (subject to hydrolysis) is 1. The van der Waals surface area contributed by atoms with Gasteiger partial charge in [0.25, 0.3) is 0 Å². The molecule has 0 saturated heterocycles. The summed E-state index contributed by atoms with van der Waals surface area (Å²) in [4.78, 5) is 12.0. The number of fused-ring (bicyclic) bond motifs is 1. The van der Waals surface area contributed by atoms with Gasteiger partial charge in [-0.05, 0) is 45.0 Å². The molecule has 1 N–H and O–H groups in total. The number of carbonyl (C=O) groups excluding carboxylic acids is 1. The quantitative estimate of drug-likeness (QED) is 0.709. The maximum Gasteiger partial charge on any atom is 0.407 e. The van der Waals surface area contributed by atoms with E-state index in [1.807, 2.05) is 0 Å². The number of carbonyl (C=O) groups is 1. The standard InChI is InChI=1S/C19H18Cl2FNO4S/c1-19(2,3)27-18(24)23-9-15-26-17-11(7-10(22)8-14(17)28(15)25)16-12(20)5-4-6-13(16)21/h4-8,15H,9H2,1-3H3,(H,23,24). The van der Waals surface area contributed by atoms with Crippen LogP contribution >= 0.6 is 23.2 Å². The Labute approximate surface area is 174 Å². The maximum atomic E-state index is 14.2. The first-order chi connectivity index (χ1) is 13.1. The third-order valence-electron chi connectivity index (χ3n) is 3.77. The fraction of sp³-hybridized carbons (Fsp3) is 0.316. The molecule has 0 radical (unpaired) electrons. The van der Waals surface area contributed by atoms with Gasteiger partial charge in [0.1, 0.15) is 28.0 Å². The summed E-state index contributed by atoms with van der Waals surface area (Å²) in [7, 11) is -1.70. The summed E-state index contributed by atoms with van der Waals surface area (Å²) in [5.74, 6) is -0.367. The zero-order chi connectivity index (χ0) is 20.6. The van der Waals surface area contributed by atoms with Crippen molar-refractivity contribution in [2.24, 2.45) is 0 Å². The average molecular weight is 446 g/mol. The summed E-state index contributed by atoms with van der Waals surface area (Å²) in [6.45, 7) is 5.12. The van der Waals surface area contributed by atoms with Crippen LogP contribution in [0.15, 0.2) is 35.2 Å². The molecule has 2 aromatic carbocycles. The van der Waals surface area contributed by atoms with Gasteiger partial charge in [0.2, 0.25) is 0 Å². The smallest absolute Gasteiger partial charge is 0.407 e. The third kappa shape index (κ3) is 4.42. The van der Waals surface area contributed by atoms with Crippen molar-refractivity contribution in [3.63, 3.8) is 0 Å². The first-order valence-electron chi connectivity index (χ1n) is 8.39. The monoisotopic (exact) mass is 445 g/mol. The van der Waals surface area contributed by atoms with Crippen LogP contribution in [-0.2, 0) is 15.5 Å². The Morgan fingerprint density at radius 1 is 1.29 bits per heavy atom. The van der Waals surface area contributed by atoms with Gasteiger partial charge in [0.05, 0.1) is 21.5 Å². The molecule has 2 unspecified atom stereocenters. The summed E-state index contributed by atoms with van der Waals surface area (Å²) in [6, 6.07) is 7.28. The molecule has 1 aliphatic heterocycles. The van der Waals surface area contributed by atoms with Crippen molar-refractivity contribution in [1.82, 2.24) is 5.32 Å². The van der Waals surface area contributed by atoms with Crippen LogP contribution in [0, 0.1) is 5.82 Å². The van der Waals surface area contributed by atoms with Crippen LogP contribution in [0.2, 0.25) is 10.0 Å². The highest BCUT2D eigenvalue weighted by atomic mass is 35.5. The first kappa shape index (κ1) is 20.9. The maximum absolute atomic E-state index is 14.2. The minimum absolute atomic E-state index is 0.0759. The van der Waals surface area contributed by atoms with E-state index in [9.17, 15) is 13.4 Å². The van der Waals surface area contributed by atoms with Gasteiger partial charge in [0.15, 0.2) is 5.44 Å². The van der Waals surface area contributed by atoms with Gasteiger partial charge in [-0.25, -0.2) is 9.18 Å². The Kier molecular flexibility index (Phi) is 5.89. The molecule has 0 saturated carbocycles. The number of halogens is 3. The number of nitrogens with one attached hydrogen (secondary N) is 1. The minimum Gasteiger partial charge on any atom is -0.473 e. The number of benzene rings is 2. The Hall–Kier alpha value is -1.83. The largest absolute Gasteiger partial charge is 0.473 e. The number of amides is 1. The lowest BCUT2D eigenvalue weighted by molar-refractivity contribution is 0.0516. The molecule has 2 atom stereocenters. The van der Waals surface area contributed by atoms with Crippen LogP contribution in [0.3, 0.4) is 0 Å². The Bertz CT molecular complexity index is 941. The second-order valence-corrected chi connectivity index (χ2v) is 9.48. The zero-order valence-corrected chi connectivity index (χ0v) is 17.7. The Morgan fingerprint density at radius 2 is 1.93 bits per heavy atom. The highest BCUT2D eigenvalue weighted by molar-refractivity contribution is 7.86. The van der Waals surface area contributed by atoms with Crippen LogP contribution in [-0.4, -0.2) is 27.9 Å². The molecule has 1 aliphatic rings. The molecule has 0 bridgehead atoms. The molecule has 0 spiro atoms. The average Bonchev–Trinajstić information content (AvgIpc) is 2.88. The van der Waals surface area contributed by atoms with Gasteiger partial charge < -0.3 is 14.8 Å². The van der Waals surface area contributed by atoms with Crippen LogP contribution in [0.4, 0.5) is 9.18 Å². The van der Waals surface area contributed by atoms with Crippen molar-refractivity contribution in [3.8, 4) is 16.9 Å². The molecule has 9 heteroatoms. The van der Waals surface area contributed by atoms with Crippen molar-refractivity contribution < 1.29 is 22.9 Å². The second kappa shape index (κ2) is 7.89. The van der Waals surface area contributed by atoms with Gasteiger partial charge in [-0.15, -0.1) is 0 Å². The molecule has 2 aromatic rings. The fourth-order valence-electron chi connectivity index (χ4n) is 2.70. The molecule has 3 rings (SSSR count). The molecule has 0 fully saturated rings. The molecule has 0 aliphatic carbocycles. The lowest BCUT2D eigenvalue weighted by Crippen LogP contribution is -2.38. The summed E-state index contributed by atoms with van der Waals surface area (Å²) >= 11 is 12.5. The van der Waals surface area contributed by atoms with Crippen molar-refractivity contribution >= 4 is 40.1 Å². The van der Waals surface area contributed by atoms with Crippen LogP contribution < -0.4 is 10.1 Å². The highest BCUT2D eigenvalue weighted by Gasteiger charge is 2.35. The normalized spacial score (nSPS) is 18.4. The molecule has 1 amide bonds. The molecule has 1 heterocycles.